The first-order valence-electron chi connectivity index (χ1n) is 9.30. The molecule has 2 atom stereocenters. The lowest BCUT2D eigenvalue weighted by molar-refractivity contribution is 0.226. The monoisotopic (exact) mass is 337 g/mol. The van der Waals surface area contributed by atoms with E-state index in [1.165, 1.54) is 36.9 Å². The molecule has 1 saturated heterocycles. The van der Waals surface area contributed by atoms with Crippen LogP contribution in [-0.4, -0.2) is 35.6 Å². The predicted molar refractivity (Wildman–Crippen MR) is 99.7 cm³/mol. The first-order chi connectivity index (χ1) is 12.3. The van der Waals surface area contributed by atoms with Crippen LogP contribution in [0.3, 0.4) is 0 Å². The fourth-order valence-electron chi connectivity index (χ4n) is 4.04. The van der Waals surface area contributed by atoms with Crippen molar-refractivity contribution in [2.45, 2.75) is 50.9 Å². The molecule has 25 heavy (non-hydrogen) atoms. The van der Waals surface area contributed by atoms with E-state index >= 15 is 0 Å². The zero-order valence-corrected chi connectivity index (χ0v) is 15.1. The van der Waals surface area contributed by atoms with Gasteiger partial charge in [0.15, 0.2) is 0 Å². The largest absolute Gasteiger partial charge is 0.497 e. The van der Waals surface area contributed by atoms with Crippen LogP contribution in [0.15, 0.2) is 42.6 Å². The molecule has 1 saturated carbocycles. The number of ether oxygens (including phenoxy) is 1. The third-order valence-electron chi connectivity index (χ3n) is 5.56. The Morgan fingerprint density at radius 2 is 2.08 bits per heavy atom. The fraction of sp³-hybridized carbons (Fsp3) is 0.476. The number of pyridine rings is 1. The van der Waals surface area contributed by atoms with E-state index in [1.54, 1.807) is 7.11 Å². The first-order valence-corrected chi connectivity index (χ1v) is 9.30. The lowest BCUT2D eigenvalue weighted by Crippen LogP contribution is -2.36. The van der Waals surface area contributed by atoms with E-state index in [0.717, 1.165) is 24.0 Å². The molecule has 4 heteroatoms. The summed E-state index contributed by atoms with van der Waals surface area (Å²) in [6.07, 6.45) is 5.74. The summed E-state index contributed by atoms with van der Waals surface area (Å²) in [4.78, 5) is 7.11. The molecule has 0 spiro atoms. The maximum Gasteiger partial charge on any atom is 0.119 e. The molecular formula is C21H27N3O. The number of methoxy groups -OCH3 is 1. The van der Waals surface area contributed by atoms with E-state index < -0.39 is 0 Å². The third-order valence-corrected chi connectivity index (χ3v) is 5.56. The van der Waals surface area contributed by atoms with Gasteiger partial charge in [0.05, 0.1) is 13.2 Å². The standard InChI is InChI=1S/C21H27N3O/c1-15-17(6-4-11-22-15)14-23-20-10-12-24(18-8-9-18)21(20)16-5-3-7-19(13-16)25-2/h3-7,11,13,18,20-21,23H,8-10,12,14H2,1-2H3. The normalized spacial score (nSPS) is 23.8. The first kappa shape index (κ1) is 16.6. The molecule has 2 fully saturated rings. The number of likely N-dealkylation sites (tertiary alicyclic amines) is 1. The summed E-state index contributed by atoms with van der Waals surface area (Å²) >= 11 is 0. The molecule has 4 rings (SSSR count). The van der Waals surface area contributed by atoms with Crippen LogP contribution in [0.2, 0.25) is 0 Å². The minimum Gasteiger partial charge on any atom is -0.497 e. The molecule has 1 aromatic carbocycles. The minimum atomic E-state index is 0.430. The lowest BCUT2D eigenvalue weighted by Gasteiger charge is -2.29. The number of hydrogen-bond donors (Lipinski definition) is 1. The van der Waals surface area contributed by atoms with Crippen LogP contribution in [0.25, 0.3) is 0 Å². The Balaban J connectivity index is 1.54. The molecule has 2 heterocycles. The molecule has 2 unspecified atom stereocenters. The molecule has 1 N–H and O–H groups in total. The Morgan fingerprint density at radius 3 is 2.84 bits per heavy atom. The molecule has 0 bridgehead atoms. The fourth-order valence-corrected chi connectivity index (χ4v) is 4.04. The van der Waals surface area contributed by atoms with Gasteiger partial charge in [-0.1, -0.05) is 18.2 Å². The van der Waals surface area contributed by atoms with Gasteiger partial charge in [0, 0.05) is 37.1 Å². The zero-order chi connectivity index (χ0) is 17.2. The quantitative estimate of drug-likeness (QED) is 0.876. The molecule has 132 valence electrons. The summed E-state index contributed by atoms with van der Waals surface area (Å²) in [5.74, 6) is 0.946. The van der Waals surface area contributed by atoms with Gasteiger partial charge < -0.3 is 10.1 Å². The molecule has 1 aromatic heterocycles. The molecule has 0 amide bonds. The third kappa shape index (κ3) is 3.55. The van der Waals surface area contributed by atoms with Crippen LogP contribution in [-0.2, 0) is 6.54 Å². The molecule has 0 radical (unpaired) electrons. The van der Waals surface area contributed by atoms with Gasteiger partial charge in [0.2, 0.25) is 0 Å². The highest BCUT2D eigenvalue weighted by atomic mass is 16.5. The number of rotatable bonds is 6. The van der Waals surface area contributed by atoms with Crippen LogP contribution < -0.4 is 10.1 Å². The molecule has 4 nitrogen and oxygen atoms in total. The number of aromatic nitrogens is 1. The van der Waals surface area contributed by atoms with E-state index in [-0.39, 0.29) is 0 Å². The average Bonchev–Trinajstić information content (AvgIpc) is 3.41. The van der Waals surface area contributed by atoms with Crippen molar-refractivity contribution >= 4 is 0 Å². The average molecular weight is 337 g/mol. The molecule has 1 aliphatic heterocycles. The lowest BCUT2D eigenvalue weighted by atomic mass is 9.99. The highest BCUT2D eigenvalue weighted by Crippen LogP contribution is 2.41. The van der Waals surface area contributed by atoms with Gasteiger partial charge in [-0.15, -0.1) is 0 Å². The van der Waals surface area contributed by atoms with Gasteiger partial charge in [-0.3, -0.25) is 9.88 Å². The topological polar surface area (TPSA) is 37.4 Å². The summed E-state index contributed by atoms with van der Waals surface area (Å²) < 4.78 is 5.46. The Hall–Kier alpha value is -1.91. The van der Waals surface area contributed by atoms with Crippen LogP contribution in [0.5, 0.6) is 5.75 Å². The van der Waals surface area contributed by atoms with Gasteiger partial charge in [-0.05, 0) is 55.5 Å². The molecular weight excluding hydrogens is 310 g/mol. The van der Waals surface area contributed by atoms with E-state index in [2.05, 4.69) is 46.4 Å². The Morgan fingerprint density at radius 1 is 1.20 bits per heavy atom. The van der Waals surface area contributed by atoms with Gasteiger partial charge in [0.1, 0.15) is 5.75 Å². The van der Waals surface area contributed by atoms with Crippen molar-refractivity contribution in [3.63, 3.8) is 0 Å². The summed E-state index contributed by atoms with van der Waals surface area (Å²) in [5.41, 5.74) is 3.77. The number of nitrogens with one attached hydrogen (secondary N) is 1. The Labute approximate surface area is 150 Å². The SMILES string of the molecule is COc1cccc(C2C(NCc3cccnc3C)CCN2C2CC2)c1. The van der Waals surface area contributed by atoms with Crippen LogP contribution in [0, 0.1) is 6.92 Å². The van der Waals surface area contributed by atoms with Crippen molar-refractivity contribution in [1.82, 2.24) is 15.2 Å². The maximum atomic E-state index is 5.46. The van der Waals surface area contributed by atoms with E-state index in [0.29, 0.717) is 12.1 Å². The predicted octanol–water partition coefficient (Wildman–Crippen LogP) is 3.47. The highest BCUT2D eigenvalue weighted by molar-refractivity contribution is 5.32. The van der Waals surface area contributed by atoms with Crippen LogP contribution in [0.4, 0.5) is 0 Å². The molecule has 2 aromatic rings. The van der Waals surface area contributed by atoms with Gasteiger partial charge in [-0.25, -0.2) is 0 Å². The number of aryl methyl sites for hydroxylation is 1. The Kier molecular flexibility index (Phi) is 4.73. The molecule has 1 aliphatic carbocycles. The van der Waals surface area contributed by atoms with Crippen molar-refractivity contribution in [3.8, 4) is 5.75 Å². The zero-order valence-electron chi connectivity index (χ0n) is 15.1. The van der Waals surface area contributed by atoms with Crippen molar-refractivity contribution in [1.29, 1.82) is 0 Å². The van der Waals surface area contributed by atoms with E-state index in [1.807, 2.05) is 18.3 Å². The van der Waals surface area contributed by atoms with Gasteiger partial charge in [0.25, 0.3) is 0 Å². The maximum absolute atomic E-state index is 5.46. The smallest absolute Gasteiger partial charge is 0.119 e. The van der Waals surface area contributed by atoms with E-state index in [9.17, 15) is 0 Å². The van der Waals surface area contributed by atoms with E-state index in [4.69, 9.17) is 4.74 Å². The van der Waals surface area contributed by atoms with Crippen molar-refractivity contribution in [2.24, 2.45) is 0 Å². The number of nitrogens with zero attached hydrogens (tertiary/aromatic N) is 2. The van der Waals surface area contributed by atoms with Crippen molar-refractivity contribution in [3.05, 3.63) is 59.4 Å². The Bertz CT molecular complexity index is 729. The molecule has 2 aliphatic rings. The summed E-state index contributed by atoms with van der Waals surface area (Å²) in [6.45, 7) is 4.14. The second-order valence-electron chi connectivity index (χ2n) is 7.21. The summed E-state index contributed by atoms with van der Waals surface area (Å²) in [7, 11) is 1.74. The summed E-state index contributed by atoms with van der Waals surface area (Å²) in [5, 5.41) is 3.81. The minimum absolute atomic E-state index is 0.430. The highest BCUT2D eigenvalue weighted by Gasteiger charge is 2.42. The number of benzene rings is 1. The van der Waals surface area contributed by atoms with Crippen molar-refractivity contribution < 1.29 is 4.74 Å². The van der Waals surface area contributed by atoms with Crippen LogP contribution in [0.1, 0.15) is 42.1 Å². The number of hydrogen-bond acceptors (Lipinski definition) is 4. The second kappa shape index (κ2) is 7.14. The van der Waals surface area contributed by atoms with Crippen molar-refractivity contribution in [2.75, 3.05) is 13.7 Å². The van der Waals surface area contributed by atoms with Gasteiger partial charge in [-0.2, -0.15) is 0 Å². The second-order valence-corrected chi connectivity index (χ2v) is 7.21. The van der Waals surface area contributed by atoms with Gasteiger partial charge >= 0.3 is 0 Å². The van der Waals surface area contributed by atoms with Crippen LogP contribution >= 0.6 is 0 Å². The summed E-state index contributed by atoms with van der Waals surface area (Å²) in [6, 6.07) is 14.4.